The van der Waals surface area contributed by atoms with E-state index in [1.807, 2.05) is 0 Å². The molecule has 1 aliphatic rings. The van der Waals surface area contributed by atoms with Gasteiger partial charge in [0.1, 0.15) is 6.54 Å². The average molecular weight is 250 g/mol. The Bertz CT molecular complexity index is 340. The molecule has 0 radical (unpaired) electrons. The molecule has 0 aliphatic carbocycles. The number of unbranched alkanes of at least 4 members (excludes halogenated alkanes) is 1. The Kier molecular flexibility index (Phi) is 5.17. The maximum atomic E-state index is 5.84. The largest absolute Gasteiger partial charge is 0.343 e. The van der Waals surface area contributed by atoms with Gasteiger partial charge in [-0.25, -0.2) is 0 Å². The minimum atomic E-state index is -0.0748. The first kappa shape index (κ1) is 13.5. The second kappa shape index (κ2) is 6.88. The monoisotopic (exact) mass is 250 g/mol. The molecule has 3 heteroatoms. The first-order chi connectivity index (χ1) is 8.79. The van der Waals surface area contributed by atoms with Gasteiger partial charge in [0.2, 0.25) is 6.29 Å². The molecule has 1 unspecified atom stereocenters. The molecule has 1 aromatic carbocycles. The third-order valence-corrected chi connectivity index (χ3v) is 3.44. The van der Waals surface area contributed by atoms with Crippen molar-refractivity contribution < 1.29 is 14.4 Å². The molecule has 0 spiro atoms. The number of rotatable bonds is 5. The van der Waals surface area contributed by atoms with Crippen molar-refractivity contribution in [2.75, 3.05) is 20.1 Å². The molecule has 1 aromatic rings. The van der Waals surface area contributed by atoms with Crippen LogP contribution in [0, 0.1) is 0 Å². The number of hydrogen-bond donors (Lipinski definition) is 1. The van der Waals surface area contributed by atoms with Gasteiger partial charge in [-0.05, 0) is 17.5 Å². The van der Waals surface area contributed by atoms with Crippen molar-refractivity contribution >= 4 is 0 Å². The van der Waals surface area contributed by atoms with Gasteiger partial charge in [-0.1, -0.05) is 37.6 Å². The molecule has 2 rings (SSSR count). The fraction of sp³-hybridized carbons (Fsp3) is 0.600. The van der Waals surface area contributed by atoms with Crippen LogP contribution < -0.4 is 4.90 Å². The Morgan fingerprint density at radius 2 is 1.78 bits per heavy atom. The summed E-state index contributed by atoms with van der Waals surface area (Å²) in [5.41, 5.74) is 2.51. The number of likely N-dealkylation sites (N-methyl/N-ethyl adjacent to an activating group) is 1. The van der Waals surface area contributed by atoms with Crippen LogP contribution in [0.3, 0.4) is 0 Å². The summed E-state index contributed by atoms with van der Waals surface area (Å²) in [4.78, 5) is 1.48. The van der Waals surface area contributed by atoms with Crippen LogP contribution in [0.2, 0.25) is 0 Å². The molecule has 100 valence electrons. The van der Waals surface area contributed by atoms with E-state index >= 15 is 0 Å². The summed E-state index contributed by atoms with van der Waals surface area (Å²) in [6.45, 7) is 5.67. The fourth-order valence-electron chi connectivity index (χ4n) is 2.24. The van der Waals surface area contributed by atoms with E-state index in [0.29, 0.717) is 13.2 Å². The zero-order chi connectivity index (χ0) is 12.8. The van der Waals surface area contributed by atoms with E-state index in [-0.39, 0.29) is 6.29 Å². The number of benzene rings is 1. The molecule has 0 aromatic heterocycles. The Morgan fingerprint density at radius 1 is 1.17 bits per heavy atom. The third kappa shape index (κ3) is 3.80. The number of quaternary nitrogens is 1. The van der Waals surface area contributed by atoms with E-state index in [0.717, 1.165) is 6.54 Å². The highest BCUT2D eigenvalue weighted by Gasteiger charge is 2.19. The lowest BCUT2D eigenvalue weighted by atomic mass is 10.1. The predicted octanol–water partition coefficient (Wildman–Crippen LogP) is 1.37. The molecule has 0 saturated heterocycles. The van der Waals surface area contributed by atoms with Crippen molar-refractivity contribution in [3.63, 3.8) is 0 Å². The van der Waals surface area contributed by atoms with Gasteiger partial charge in [0.15, 0.2) is 0 Å². The molecule has 1 aliphatic heterocycles. The molecule has 0 bridgehead atoms. The van der Waals surface area contributed by atoms with Crippen molar-refractivity contribution in [2.45, 2.75) is 39.3 Å². The molecule has 0 fully saturated rings. The van der Waals surface area contributed by atoms with E-state index in [1.54, 1.807) is 0 Å². The first-order valence-electron chi connectivity index (χ1n) is 6.91. The van der Waals surface area contributed by atoms with Crippen LogP contribution in [0.15, 0.2) is 24.3 Å². The predicted molar refractivity (Wildman–Crippen MR) is 71.3 cm³/mol. The summed E-state index contributed by atoms with van der Waals surface area (Å²) in [7, 11) is 2.21. The lowest BCUT2D eigenvalue weighted by molar-refractivity contribution is -0.886. The van der Waals surface area contributed by atoms with Gasteiger partial charge < -0.3 is 14.4 Å². The van der Waals surface area contributed by atoms with Crippen molar-refractivity contribution in [1.82, 2.24) is 0 Å². The Morgan fingerprint density at radius 3 is 2.33 bits per heavy atom. The highest BCUT2D eigenvalue weighted by atomic mass is 16.7. The summed E-state index contributed by atoms with van der Waals surface area (Å²) in [6, 6.07) is 8.35. The molecule has 1 N–H and O–H groups in total. The number of hydrogen-bond acceptors (Lipinski definition) is 2. The van der Waals surface area contributed by atoms with E-state index in [4.69, 9.17) is 9.47 Å². The molecule has 1 heterocycles. The Hall–Kier alpha value is -0.900. The number of nitrogens with one attached hydrogen (secondary N) is 1. The third-order valence-electron chi connectivity index (χ3n) is 3.44. The zero-order valence-corrected chi connectivity index (χ0v) is 11.4. The Balaban J connectivity index is 1.84. The SMILES string of the molecule is CCCC[NH+](C)CC1OCc2ccccc2CO1. The molecule has 18 heavy (non-hydrogen) atoms. The van der Waals surface area contributed by atoms with Crippen molar-refractivity contribution in [2.24, 2.45) is 0 Å². The summed E-state index contributed by atoms with van der Waals surface area (Å²) < 4.78 is 11.7. The second-order valence-electron chi connectivity index (χ2n) is 5.09. The molecule has 0 saturated carbocycles. The highest BCUT2D eigenvalue weighted by Crippen LogP contribution is 2.17. The van der Waals surface area contributed by atoms with Crippen molar-refractivity contribution in [3.8, 4) is 0 Å². The van der Waals surface area contributed by atoms with Gasteiger partial charge in [-0.15, -0.1) is 0 Å². The molecular weight excluding hydrogens is 226 g/mol. The average Bonchev–Trinajstić information content (AvgIpc) is 2.59. The maximum absolute atomic E-state index is 5.84. The van der Waals surface area contributed by atoms with Gasteiger partial charge in [0.05, 0.1) is 26.8 Å². The van der Waals surface area contributed by atoms with E-state index in [9.17, 15) is 0 Å². The standard InChI is InChI=1S/C15H23NO2/c1-3-4-9-16(2)10-15-17-11-13-7-5-6-8-14(13)12-18-15/h5-8,15H,3-4,9-12H2,1-2H3/p+1. The maximum Gasteiger partial charge on any atom is 0.208 e. The normalized spacial score (nSPS) is 18.1. The molecule has 0 amide bonds. The quantitative estimate of drug-likeness (QED) is 0.853. The van der Waals surface area contributed by atoms with Crippen LogP contribution in [0.5, 0.6) is 0 Å². The topological polar surface area (TPSA) is 22.9 Å². The first-order valence-corrected chi connectivity index (χ1v) is 6.91. The van der Waals surface area contributed by atoms with Gasteiger partial charge in [0, 0.05) is 0 Å². The minimum Gasteiger partial charge on any atom is -0.343 e. The molecule has 3 nitrogen and oxygen atoms in total. The summed E-state index contributed by atoms with van der Waals surface area (Å²) in [6.07, 6.45) is 2.43. The van der Waals surface area contributed by atoms with Gasteiger partial charge >= 0.3 is 0 Å². The summed E-state index contributed by atoms with van der Waals surface area (Å²) in [5.74, 6) is 0. The van der Waals surface area contributed by atoms with E-state index in [2.05, 4.69) is 38.2 Å². The van der Waals surface area contributed by atoms with Crippen molar-refractivity contribution in [3.05, 3.63) is 35.4 Å². The number of ether oxygens (including phenoxy) is 2. The lowest BCUT2D eigenvalue weighted by Crippen LogP contribution is -3.10. The Labute approximate surface area is 110 Å². The highest BCUT2D eigenvalue weighted by molar-refractivity contribution is 5.26. The van der Waals surface area contributed by atoms with Crippen LogP contribution in [-0.2, 0) is 22.7 Å². The van der Waals surface area contributed by atoms with Crippen LogP contribution in [0.1, 0.15) is 30.9 Å². The van der Waals surface area contributed by atoms with Gasteiger partial charge in [-0.3, -0.25) is 0 Å². The summed E-state index contributed by atoms with van der Waals surface area (Å²) in [5, 5.41) is 0. The summed E-state index contributed by atoms with van der Waals surface area (Å²) >= 11 is 0. The van der Waals surface area contributed by atoms with Gasteiger partial charge in [-0.2, -0.15) is 0 Å². The van der Waals surface area contributed by atoms with Crippen LogP contribution >= 0.6 is 0 Å². The number of fused-ring (bicyclic) bond motifs is 1. The van der Waals surface area contributed by atoms with E-state index < -0.39 is 0 Å². The van der Waals surface area contributed by atoms with Gasteiger partial charge in [0.25, 0.3) is 0 Å². The van der Waals surface area contributed by atoms with E-state index in [1.165, 1.54) is 35.4 Å². The van der Waals surface area contributed by atoms with Crippen molar-refractivity contribution in [1.29, 1.82) is 0 Å². The fourth-order valence-corrected chi connectivity index (χ4v) is 2.24. The van der Waals surface area contributed by atoms with Crippen LogP contribution in [-0.4, -0.2) is 26.4 Å². The lowest BCUT2D eigenvalue weighted by Gasteiger charge is -2.20. The second-order valence-corrected chi connectivity index (χ2v) is 5.09. The minimum absolute atomic E-state index is 0.0748. The smallest absolute Gasteiger partial charge is 0.208 e. The van der Waals surface area contributed by atoms with Crippen LogP contribution in [0.4, 0.5) is 0 Å². The van der Waals surface area contributed by atoms with Crippen LogP contribution in [0.25, 0.3) is 0 Å². The zero-order valence-electron chi connectivity index (χ0n) is 11.4. The molecule has 1 atom stereocenters. The molecular formula is C15H24NO2+.